The van der Waals surface area contributed by atoms with Crippen LogP contribution >= 0.6 is 0 Å². The van der Waals surface area contributed by atoms with Crippen molar-refractivity contribution in [3.8, 4) is 0 Å². The van der Waals surface area contributed by atoms with Crippen LogP contribution in [0.1, 0.15) is 0 Å². The van der Waals surface area contributed by atoms with Crippen molar-refractivity contribution in [2.45, 2.75) is 0 Å². The second-order valence-corrected chi connectivity index (χ2v) is 0.945. The van der Waals surface area contributed by atoms with Gasteiger partial charge in [-0.1, -0.05) is 14.1 Å². The number of rotatable bonds is 1. The zero-order valence-corrected chi connectivity index (χ0v) is 3.54. The molecule has 0 aromatic carbocycles. The van der Waals surface area contributed by atoms with Gasteiger partial charge < -0.3 is 0 Å². The molecule has 0 unspecified atom stereocenters. The number of halogens is 2. The third-order valence-electron chi connectivity index (χ3n) is 0.485. The number of nitrogens with zero attached hydrogens (tertiary/aromatic N) is 4. The molecule has 0 bridgehead atoms. The van der Waals surface area contributed by atoms with Gasteiger partial charge in [-0.05, 0) is 5.21 Å². The van der Waals surface area contributed by atoms with Crippen molar-refractivity contribution in [2.75, 3.05) is 5.34 Å². The first-order chi connectivity index (χ1) is 3.80. The Balaban J connectivity index is 2.77. The molecule has 0 aliphatic heterocycles. The third kappa shape index (κ3) is 0.695. The van der Waals surface area contributed by atoms with Crippen LogP contribution in [0.15, 0.2) is 0 Å². The topological polar surface area (TPSA) is 57.7 Å². The summed E-state index contributed by atoms with van der Waals surface area (Å²) in [7, 11) is 0. The largest absolute Gasteiger partial charge is 0.326 e. The summed E-state index contributed by atoms with van der Waals surface area (Å²) in [6.45, 7) is 0. The monoisotopic (exact) mass is 121 g/mol. The summed E-state index contributed by atoms with van der Waals surface area (Å²) in [5.74, 6) is -0.731. The first-order valence-corrected chi connectivity index (χ1v) is 1.66. The summed E-state index contributed by atoms with van der Waals surface area (Å²) in [6, 6.07) is 0. The van der Waals surface area contributed by atoms with E-state index in [1.807, 2.05) is 5.21 Å². The summed E-state index contributed by atoms with van der Waals surface area (Å²) < 4.78 is 22.5. The average Bonchev–Trinajstić information content (AvgIpc) is 2.12. The molecular weight excluding hydrogens is 120 g/mol. The van der Waals surface area contributed by atoms with Crippen LogP contribution in [0.2, 0.25) is 0 Å². The summed E-state index contributed by atoms with van der Waals surface area (Å²) in [4.78, 5) is 0. The Morgan fingerprint density at radius 1 is 1.50 bits per heavy atom. The lowest BCUT2D eigenvalue weighted by Crippen LogP contribution is -1.97. The highest BCUT2D eigenvalue weighted by Crippen LogP contribution is 2.01. The van der Waals surface area contributed by atoms with Crippen LogP contribution in [0.25, 0.3) is 0 Å². The first-order valence-electron chi connectivity index (χ1n) is 1.66. The van der Waals surface area contributed by atoms with Crippen molar-refractivity contribution < 1.29 is 8.96 Å². The zero-order chi connectivity index (χ0) is 5.98. The van der Waals surface area contributed by atoms with Crippen molar-refractivity contribution in [1.29, 1.82) is 0 Å². The maximum absolute atomic E-state index is 11.2. The van der Waals surface area contributed by atoms with Gasteiger partial charge in [0.05, 0.1) is 0 Å². The summed E-state index contributed by atoms with van der Waals surface area (Å²) in [5, 5.41) is 9.40. The maximum Gasteiger partial charge on any atom is 0.326 e. The molecule has 0 radical (unpaired) electrons. The van der Waals surface area contributed by atoms with E-state index in [4.69, 9.17) is 0 Å². The second-order valence-electron chi connectivity index (χ2n) is 0.945. The van der Waals surface area contributed by atoms with Gasteiger partial charge in [-0.2, -0.15) is 5.21 Å². The van der Waals surface area contributed by atoms with E-state index in [2.05, 4.69) is 15.4 Å². The minimum atomic E-state index is -1.23. The van der Waals surface area contributed by atoms with Crippen LogP contribution in [0.4, 0.5) is 14.9 Å². The van der Waals surface area contributed by atoms with Crippen LogP contribution in [0, 0.1) is 0 Å². The SMILES string of the molecule is FN(F)c1nn[nH]n1. The summed E-state index contributed by atoms with van der Waals surface area (Å²) in [5.41, 5.74) is 0. The fourth-order valence-electron chi connectivity index (χ4n) is 0.228. The van der Waals surface area contributed by atoms with Gasteiger partial charge in [0.25, 0.3) is 0 Å². The molecule has 0 aliphatic rings. The smallest absolute Gasteiger partial charge is 0.175 e. The Bertz CT molecular complexity index is 145. The fraction of sp³-hybridized carbons (Fsp3) is 0. The van der Waals surface area contributed by atoms with Gasteiger partial charge in [0.1, 0.15) is 0 Å². The van der Waals surface area contributed by atoms with Crippen molar-refractivity contribution in [3.63, 3.8) is 0 Å². The van der Waals surface area contributed by atoms with Gasteiger partial charge in [-0.3, -0.25) is 0 Å². The predicted molar refractivity (Wildman–Crippen MR) is 18.9 cm³/mol. The Morgan fingerprint density at radius 3 is 2.50 bits per heavy atom. The summed E-state index contributed by atoms with van der Waals surface area (Å²) in [6.07, 6.45) is 0. The van der Waals surface area contributed by atoms with E-state index in [1.165, 1.54) is 0 Å². The Labute approximate surface area is 42.2 Å². The Kier molecular flexibility index (Phi) is 1.03. The van der Waals surface area contributed by atoms with E-state index >= 15 is 0 Å². The Morgan fingerprint density at radius 2 is 2.25 bits per heavy atom. The molecule has 8 heavy (non-hydrogen) atoms. The highest BCUT2D eigenvalue weighted by atomic mass is 19.4. The molecule has 7 heteroatoms. The van der Waals surface area contributed by atoms with Crippen LogP contribution < -0.4 is 5.34 Å². The van der Waals surface area contributed by atoms with E-state index in [0.29, 0.717) is 0 Å². The molecule has 1 N–H and O–H groups in total. The highest BCUT2D eigenvalue weighted by Gasteiger charge is 2.05. The molecule has 0 saturated carbocycles. The van der Waals surface area contributed by atoms with Crippen molar-refractivity contribution in [3.05, 3.63) is 0 Å². The van der Waals surface area contributed by atoms with Crippen LogP contribution in [-0.4, -0.2) is 20.6 Å². The summed E-state index contributed by atoms with van der Waals surface area (Å²) >= 11 is 0. The zero-order valence-electron chi connectivity index (χ0n) is 3.54. The third-order valence-corrected chi connectivity index (χ3v) is 0.485. The lowest BCUT2D eigenvalue weighted by Gasteiger charge is -1.87. The van der Waals surface area contributed by atoms with Gasteiger partial charge >= 0.3 is 5.95 Å². The normalized spacial score (nSPS) is 9.25. The van der Waals surface area contributed by atoms with Gasteiger partial charge in [0.15, 0.2) is 0 Å². The molecule has 0 spiro atoms. The molecule has 1 aromatic heterocycles. The van der Waals surface area contributed by atoms with Crippen molar-refractivity contribution >= 4 is 5.95 Å². The van der Waals surface area contributed by atoms with Gasteiger partial charge in [0, 0.05) is 5.34 Å². The van der Waals surface area contributed by atoms with Gasteiger partial charge in [0.2, 0.25) is 0 Å². The number of nitrogens with one attached hydrogen (secondary N) is 1. The van der Waals surface area contributed by atoms with E-state index in [-0.39, 0.29) is 0 Å². The van der Waals surface area contributed by atoms with Crippen LogP contribution in [0.5, 0.6) is 0 Å². The molecule has 0 aliphatic carbocycles. The second kappa shape index (κ2) is 1.68. The maximum atomic E-state index is 11.2. The van der Waals surface area contributed by atoms with E-state index < -0.39 is 11.3 Å². The molecule has 1 heterocycles. The Hall–Kier alpha value is -1.27. The molecule has 5 nitrogen and oxygen atoms in total. The van der Waals surface area contributed by atoms with Gasteiger partial charge in [-0.25, -0.2) is 0 Å². The van der Waals surface area contributed by atoms with E-state index in [1.54, 1.807) is 0 Å². The van der Waals surface area contributed by atoms with Crippen LogP contribution in [-0.2, 0) is 0 Å². The van der Waals surface area contributed by atoms with Crippen molar-refractivity contribution in [2.24, 2.45) is 0 Å². The highest BCUT2D eigenvalue weighted by molar-refractivity contribution is 5.13. The molecule has 0 amide bonds. The predicted octanol–water partition coefficient (Wildman–Crippen LogP) is -0.225. The molecule has 0 atom stereocenters. The van der Waals surface area contributed by atoms with Gasteiger partial charge in [-0.15, -0.1) is 5.10 Å². The lowest BCUT2D eigenvalue weighted by atomic mass is 11.1. The van der Waals surface area contributed by atoms with Crippen LogP contribution in [0.3, 0.4) is 0 Å². The van der Waals surface area contributed by atoms with Crippen molar-refractivity contribution in [1.82, 2.24) is 20.6 Å². The standard InChI is InChI=1S/CHF2N5/c2-8(3)1-4-6-7-5-1/h(H,4,5,6,7). The molecular formula is CHF2N5. The minimum Gasteiger partial charge on any atom is -0.175 e. The number of hydrogen-bond donors (Lipinski definition) is 1. The molecule has 0 saturated heterocycles. The molecule has 1 aromatic rings. The number of anilines is 1. The number of aromatic amines is 1. The molecule has 1 rings (SSSR count). The van der Waals surface area contributed by atoms with E-state index in [0.717, 1.165) is 0 Å². The molecule has 0 fully saturated rings. The average molecular weight is 121 g/mol. The van der Waals surface area contributed by atoms with E-state index in [9.17, 15) is 8.96 Å². The quantitative estimate of drug-likeness (QED) is 0.521. The molecule has 44 valence electrons. The number of aromatic nitrogens is 4. The minimum absolute atomic E-state index is 0.731. The number of hydrogen-bond acceptors (Lipinski definition) is 4. The fourth-order valence-corrected chi connectivity index (χ4v) is 0.228. The first kappa shape index (κ1) is 4.88. The number of tetrazole rings is 1. The lowest BCUT2D eigenvalue weighted by molar-refractivity contribution is 0.227. The number of H-pyrrole nitrogens is 1.